The van der Waals surface area contributed by atoms with E-state index >= 15 is 0 Å². The van der Waals surface area contributed by atoms with Gasteiger partial charge in [0.2, 0.25) is 5.91 Å². The van der Waals surface area contributed by atoms with Gasteiger partial charge in [-0.3, -0.25) is 4.79 Å². The SMILES string of the molecule is CC1CC1c1ccc(CCC(=O)NCC2(c3ccc(Cl)cc3)CCOCC2)o1. The fraction of sp³-hybridized carbons (Fsp3) is 0.522. The van der Waals surface area contributed by atoms with Crippen molar-refractivity contribution in [3.63, 3.8) is 0 Å². The monoisotopic (exact) mass is 401 g/mol. The van der Waals surface area contributed by atoms with Crippen molar-refractivity contribution in [2.75, 3.05) is 19.8 Å². The lowest BCUT2D eigenvalue weighted by Gasteiger charge is -2.38. The Balaban J connectivity index is 1.32. The Morgan fingerprint density at radius 1 is 1.18 bits per heavy atom. The van der Waals surface area contributed by atoms with Gasteiger partial charge < -0.3 is 14.5 Å². The number of carbonyl (C=O) groups excluding carboxylic acids is 1. The van der Waals surface area contributed by atoms with Crippen LogP contribution in [0.5, 0.6) is 0 Å². The predicted molar refractivity (Wildman–Crippen MR) is 110 cm³/mol. The highest BCUT2D eigenvalue weighted by Gasteiger charge is 2.37. The zero-order valence-corrected chi connectivity index (χ0v) is 17.1. The summed E-state index contributed by atoms with van der Waals surface area (Å²) in [6, 6.07) is 12.1. The van der Waals surface area contributed by atoms with E-state index in [1.54, 1.807) is 0 Å². The third kappa shape index (κ3) is 4.44. The largest absolute Gasteiger partial charge is 0.466 e. The normalized spacial score (nSPS) is 23.4. The first-order chi connectivity index (χ1) is 13.6. The first-order valence-corrected chi connectivity index (χ1v) is 10.6. The second-order valence-electron chi connectivity index (χ2n) is 8.30. The van der Waals surface area contributed by atoms with Gasteiger partial charge in [-0.25, -0.2) is 0 Å². The third-order valence-corrected chi connectivity index (χ3v) is 6.54. The molecule has 150 valence electrons. The molecule has 2 aliphatic rings. The summed E-state index contributed by atoms with van der Waals surface area (Å²) >= 11 is 6.05. The van der Waals surface area contributed by atoms with Crippen molar-refractivity contribution in [2.24, 2.45) is 5.92 Å². The first-order valence-electron chi connectivity index (χ1n) is 10.2. The molecule has 1 aliphatic heterocycles. The molecule has 2 atom stereocenters. The van der Waals surface area contributed by atoms with Gasteiger partial charge in [0.05, 0.1) is 0 Å². The number of hydrogen-bond acceptors (Lipinski definition) is 3. The maximum atomic E-state index is 12.5. The highest BCUT2D eigenvalue weighted by Crippen LogP contribution is 2.47. The molecular weight excluding hydrogens is 374 g/mol. The predicted octanol–water partition coefficient (Wildman–Crippen LogP) is 4.85. The molecular formula is C23H28ClNO3. The second kappa shape index (κ2) is 8.30. The van der Waals surface area contributed by atoms with Crippen molar-refractivity contribution >= 4 is 17.5 Å². The Morgan fingerprint density at radius 2 is 1.89 bits per heavy atom. The number of carbonyl (C=O) groups is 1. The zero-order chi connectivity index (χ0) is 19.6. The molecule has 1 aromatic carbocycles. The van der Waals surface area contributed by atoms with E-state index in [4.69, 9.17) is 20.8 Å². The van der Waals surface area contributed by atoms with Crippen LogP contribution in [0.25, 0.3) is 0 Å². The van der Waals surface area contributed by atoms with Crippen molar-refractivity contribution in [3.05, 3.63) is 58.5 Å². The highest BCUT2D eigenvalue weighted by atomic mass is 35.5. The summed E-state index contributed by atoms with van der Waals surface area (Å²) in [5.41, 5.74) is 1.13. The van der Waals surface area contributed by atoms with Crippen LogP contribution >= 0.6 is 11.6 Å². The van der Waals surface area contributed by atoms with E-state index in [0.29, 0.717) is 38.5 Å². The molecule has 1 N–H and O–H groups in total. The van der Waals surface area contributed by atoms with Gasteiger partial charge in [0, 0.05) is 49.0 Å². The summed E-state index contributed by atoms with van der Waals surface area (Å²) in [6.45, 7) is 4.30. The summed E-state index contributed by atoms with van der Waals surface area (Å²) < 4.78 is 11.5. The number of amides is 1. The quantitative estimate of drug-likeness (QED) is 0.721. The summed E-state index contributed by atoms with van der Waals surface area (Å²) in [5.74, 6) is 3.35. The number of furan rings is 1. The van der Waals surface area contributed by atoms with Crippen LogP contribution in [0.15, 0.2) is 40.8 Å². The van der Waals surface area contributed by atoms with Gasteiger partial charge >= 0.3 is 0 Å². The molecule has 0 radical (unpaired) electrons. The number of rotatable bonds is 7. The molecule has 1 saturated carbocycles. The van der Waals surface area contributed by atoms with E-state index in [9.17, 15) is 4.79 Å². The molecule has 1 saturated heterocycles. The maximum absolute atomic E-state index is 12.5. The lowest BCUT2D eigenvalue weighted by molar-refractivity contribution is -0.121. The summed E-state index contributed by atoms with van der Waals surface area (Å²) in [6.07, 6.45) is 4.10. The fourth-order valence-electron chi connectivity index (χ4n) is 4.17. The van der Waals surface area contributed by atoms with Crippen LogP contribution in [0.3, 0.4) is 0 Å². The number of nitrogens with one attached hydrogen (secondary N) is 1. The van der Waals surface area contributed by atoms with Gasteiger partial charge in [0.15, 0.2) is 0 Å². The lowest BCUT2D eigenvalue weighted by atomic mass is 9.74. The van der Waals surface area contributed by atoms with E-state index < -0.39 is 0 Å². The molecule has 4 nitrogen and oxygen atoms in total. The summed E-state index contributed by atoms with van der Waals surface area (Å²) in [5, 5.41) is 3.89. The molecule has 1 aromatic heterocycles. The zero-order valence-electron chi connectivity index (χ0n) is 16.4. The average Bonchev–Trinajstić information content (AvgIpc) is 3.25. The van der Waals surface area contributed by atoms with Gasteiger partial charge in [0.25, 0.3) is 0 Å². The smallest absolute Gasteiger partial charge is 0.220 e. The Kier molecular flexibility index (Phi) is 5.79. The molecule has 1 aliphatic carbocycles. The van der Waals surface area contributed by atoms with Crippen molar-refractivity contribution in [2.45, 2.75) is 50.4 Å². The Hall–Kier alpha value is -1.78. The fourth-order valence-corrected chi connectivity index (χ4v) is 4.30. The molecule has 0 spiro atoms. The minimum Gasteiger partial charge on any atom is -0.466 e. The molecule has 1 amide bonds. The van der Waals surface area contributed by atoms with Crippen LogP contribution in [-0.2, 0) is 21.4 Å². The second-order valence-corrected chi connectivity index (χ2v) is 8.74. The molecule has 2 heterocycles. The molecule has 5 heteroatoms. The van der Waals surface area contributed by atoms with Crippen LogP contribution in [-0.4, -0.2) is 25.7 Å². The molecule has 4 rings (SSSR count). The van der Waals surface area contributed by atoms with E-state index in [1.807, 2.05) is 18.2 Å². The van der Waals surface area contributed by atoms with E-state index in [1.165, 1.54) is 12.0 Å². The minimum absolute atomic E-state index is 0.0672. The average molecular weight is 402 g/mol. The Bertz CT molecular complexity index is 808. The highest BCUT2D eigenvalue weighted by molar-refractivity contribution is 6.30. The number of benzene rings is 1. The standard InChI is InChI=1S/C23H28ClNO3/c1-16-14-20(16)21-8-6-19(28-21)7-9-22(26)25-15-23(10-12-27-13-11-23)17-2-4-18(24)5-3-17/h2-6,8,16,20H,7,9-15H2,1H3,(H,25,26). The van der Waals surface area contributed by atoms with Crippen LogP contribution in [0, 0.1) is 5.92 Å². The Labute approximate surface area is 171 Å². The van der Waals surface area contributed by atoms with Gasteiger partial charge in [-0.15, -0.1) is 0 Å². The topological polar surface area (TPSA) is 51.5 Å². The Morgan fingerprint density at radius 3 is 2.57 bits per heavy atom. The van der Waals surface area contributed by atoms with Crippen molar-refractivity contribution < 1.29 is 13.9 Å². The number of ether oxygens (including phenoxy) is 1. The summed E-state index contributed by atoms with van der Waals surface area (Å²) in [4.78, 5) is 12.5. The van der Waals surface area contributed by atoms with E-state index in [-0.39, 0.29) is 11.3 Å². The molecule has 2 unspecified atom stereocenters. The van der Waals surface area contributed by atoms with E-state index in [0.717, 1.165) is 35.3 Å². The van der Waals surface area contributed by atoms with Crippen molar-refractivity contribution in [3.8, 4) is 0 Å². The van der Waals surface area contributed by atoms with Gasteiger partial charge in [0.1, 0.15) is 11.5 Å². The third-order valence-electron chi connectivity index (χ3n) is 6.29. The number of halogens is 1. The first kappa shape index (κ1) is 19.5. The van der Waals surface area contributed by atoms with Gasteiger partial charge in [-0.1, -0.05) is 30.7 Å². The molecule has 0 bridgehead atoms. The molecule has 2 aromatic rings. The van der Waals surface area contributed by atoms with Crippen molar-refractivity contribution in [1.29, 1.82) is 0 Å². The van der Waals surface area contributed by atoms with Crippen LogP contribution in [0.4, 0.5) is 0 Å². The maximum Gasteiger partial charge on any atom is 0.220 e. The van der Waals surface area contributed by atoms with E-state index in [2.05, 4.69) is 30.4 Å². The van der Waals surface area contributed by atoms with Crippen molar-refractivity contribution in [1.82, 2.24) is 5.32 Å². The number of aryl methyl sites for hydroxylation is 1. The molecule has 2 fully saturated rings. The van der Waals surface area contributed by atoms with Crippen LogP contribution < -0.4 is 5.32 Å². The minimum atomic E-state index is -0.0849. The molecule has 28 heavy (non-hydrogen) atoms. The summed E-state index contributed by atoms with van der Waals surface area (Å²) in [7, 11) is 0. The number of hydrogen-bond donors (Lipinski definition) is 1. The van der Waals surface area contributed by atoms with Crippen LogP contribution in [0.1, 0.15) is 55.6 Å². The lowest BCUT2D eigenvalue weighted by Crippen LogP contribution is -2.44. The van der Waals surface area contributed by atoms with Crippen LogP contribution in [0.2, 0.25) is 5.02 Å². The van der Waals surface area contributed by atoms with Gasteiger partial charge in [-0.2, -0.15) is 0 Å². The van der Waals surface area contributed by atoms with Gasteiger partial charge in [-0.05, 0) is 55.0 Å².